The molecule has 2 aromatic rings. The van der Waals surface area contributed by atoms with E-state index in [0.29, 0.717) is 17.3 Å². The van der Waals surface area contributed by atoms with Crippen LogP contribution in [0.1, 0.15) is 18.9 Å². The van der Waals surface area contributed by atoms with E-state index in [-0.39, 0.29) is 17.5 Å². The number of hydrogen-bond acceptors (Lipinski definition) is 7. The summed E-state index contributed by atoms with van der Waals surface area (Å²) < 4.78 is 12.4. The summed E-state index contributed by atoms with van der Waals surface area (Å²) in [6.45, 7) is 4.04. The Kier molecular flexibility index (Phi) is 5.95. The first-order valence-electron chi connectivity index (χ1n) is 8.57. The highest BCUT2D eigenvalue weighted by Crippen LogP contribution is 2.31. The molecular weight excluding hydrogens is 364 g/mol. The van der Waals surface area contributed by atoms with Crippen molar-refractivity contribution < 1.29 is 14.3 Å². The van der Waals surface area contributed by atoms with Gasteiger partial charge in [0.15, 0.2) is 11.5 Å². The van der Waals surface area contributed by atoms with Gasteiger partial charge in [0.25, 0.3) is 0 Å². The molecule has 0 radical (unpaired) electrons. The quantitative estimate of drug-likeness (QED) is 0.677. The molecule has 0 saturated heterocycles. The minimum Gasteiger partial charge on any atom is -0.497 e. The van der Waals surface area contributed by atoms with E-state index in [9.17, 15) is 4.79 Å². The van der Waals surface area contributed by atoms with Gasteiger partial charge in [-0.2, -0.15) is 4.68 Å². The zero-order chi connectivity index (χ0) is 19.4. The standard InChI is InChI=1S/C19H22N4O3S/c1-12-5-7-15(8-6-12)23-19(20-21-22-23)27-11-16(24)14-9-13(2)18(26-4)17(10-14)25-3/h5-8,10,13H,9,11H2,1-4H3. The first-order valence-corrected chi connectivity index (χ1v) is 9.56. The van der Waals surface area contributed by atoms with Crippen molar-refractivity contribution >= 4 is 17.5 Å². The first kappa shape index (κ1) is 19.2. The number of methoxy groups -OCH3 is 2. The summed E-state index contributed by atoms with van der Waals surface area (Å²) in [6, 6.07) is 7.89. The smallest absolute Gasteiger partial charge is 0.214 e. The van der Waals surface area contributed by atoms with Crippen LogP contribution in [0.3, 0.4) is 0 Å². The molecule has 1 aromatic heterocycles. The minimum absolute atomic E-state index is 0.0370. The number of carbonyl (C=O) groups excluding carboxylic acids is 1. The molecule has 1 unspecified atom stereocenters. The molecule has 8 heteroatoms. The number of rotatable bonds is 7. The Morgan fingerprint density at radius 3 is 2.67 bits per heavy atom. The number of ether oxygens (including phenoxy) is 2. The van der Waals surface area contributed by atoms with Crippen molar-refractivity contribution in [2.24, 2.45) is 5.92 Å². The van der Waals surface area contributed by atoms with E-state index in [0.717, 1.165) is 22.6 Å². The van der Waals surface area contributed by atoms with Crippen molar-refractivity contribution in [1.82, 2.24) is 20.2 Å². The molecule has 0 bridgehead atoms. The van der Waals surface area contributed by atoms with Gasteiger partial charge in [0.1, 0.15) is 5.76 Å². The third-order valence-corrected chi connectivity index (χ3v) is 5.29. The number of thioether (sulfide) groups is 1. The molecule has 0 amide bonds. The summed E-state index contributed by atoms with van der Waals surface area (Å²) in [5, 5.41) is 12.4. The molecule has 1 aliphatic carbocycles. The normalized spacial score (nSPS) is 16.9. The highest BCUT2D eigenvalue weighted by molar-refractivity contribution is 7.99. The van der Waals surface area contributed by atoms with E-state index < -0.39 is 0 Å². The van der Waals surface area contributed by atoms with E-state index in [4.69, 9.17) is 9.47 Å². The minimum atomic E-state index is 0.0370. The Balaban J connectivity index is 1.72. The number of ketones is 1. The van der Waals surface area contributed by atoms with Crippen LogP contribution in [-0.4, -0.2) is 46.0 Å². The van der Waals surface area contributed by atoms with Crippen LogP contribution in [0.4, 0.5) is 0 Å². The topological polar surface area (TPSA) is 79.1 Å². The third kappa shape index (κ3) is 4.21. The summed E-state index contributed by atoms with van der Waals surface area (Å²) in [5.41, 5.74) is 2.74. The predicted octanol–water partition coefficient (Wildman–Crippen LogP) is 3.10. The average molecular weight is 386 g/mol. The van der Waals surface area contributed by atoms with Gasteiger partial charge in [0.2, 0.25) is 5.16 Å². The summed E-state index contributed by atoms with van der Waals surface area (Å²) in [7, 11) is 3.20. The molecule has 0 fully saturated rings. The van der Waals surface area contributed by atoms with Gasteiger partial charge in [-0.1, -0.05) is 36.4 Å². The monoisotopic (exact) mass is 386 g/mol. The summed E-state index contributed by atoms with van der Waals surface area (Å²) >= 11 is 1.32. The zero-order valence-corrected chi connectivity index (χ0v) is 16.6. The number of benzene rings is 1. The number of carbonyl (C=O) groups is 1. The van der Waals surface area contributed by atoms with Crippen LogP contribution in [0.5, 0.6) is 0 Å². The molecule has 1 heterocycles. The Morgan fingerprint density at radius 1 is 1.26 bits per heavy atom. The molecule has 1 aromatic carbocycles. The second kappa shape index (κ2) is 8.39. The highest BCUT2D eigenvalue weighted by Gasteiger charge is 2.26. The van der Waals surface area contributed by atoms with Crippen molar-refractivity contribution in [2.75, 3.05) is 20.0 Å². The fraction of sp³-hybridized carbons (Fsp3) is 0.368. The van der Waals surface area contributed by atoms with Crippen LogP contribution in [0.25, 0.3) is 5.69 Å². The SMILES string of the molecule is COC1=C(OC)C(C)CC(C(=O)CSc2nnnn2-c2ccc(C)cc2)=C1. The van der Waals surface area contributed by atoms with Gasteiger partial charge in [-0.05, 0) is 42.0 Å². The molecule has 1 aliphatic rings. The Labute approximate surface area is 162 Å². The number of allylic oxidation sites excluding steroid dienone is 3. The van der Waals surface area contributed by atoms with E-state index in [1.165, 1.54) is 11.8 Å². The van der Waals surface area contributed by atoms with Crippen LogP contribution in [0, 0.1) is 12.8 Å². The van der Waals surface area contributed by atoms with E-state index in [1.54, 1.807) is 25.0 Å². The fourth-order valence-corrected chi connectivity index (χ4v) is 3.75. The number of hydrogen-bond donors (Lipinski definition) is 0. The Hall–Kier alpha value is -2.61. The zero-order valence-electron chi connectivity index (χ0n) is 15.8. The maximum atomic E-state index is 12.7. The molecule has 3 rings (SSSR count). The lowest BCUT2D eigenvalue weighted by molar-refractivity contribution is -0.113. The second-order valence-corrected chi connectivity index (χ2v) is 7.27. The van der Waals surface area contributed by atoms with Crippen molar-refractivity contribution in [3.63, 3.8) is 0 Å². The van der Waals surface area contributed by atoms with Gasteiger partial charge in [-0.3, -0.25) is 4.79 Å². The highest BCUT2D eigenvalue weighted by atomic mass is 32.2. The van der Waals surface area contributed by atoms with E-state index in [2.05, 4.69) is 15.5 Å². The third-order valence-electron chi connectivity index (χ3n) is 4.37. The summed E-state index contributed by atoms with van der Waals surface area (Å²) in [5.74, 6) is 1.76. The molecular formula is C19H22N4O3S. The lowest BCUT2D eigenvalue weighted by Gasteiger charge is -2.23. The van der Waals surface area contributed by atoms with Gasteiger partial charge in [0.05, 0.1) is 25.7 Å². The van der Waals surface area contributed by atoms with Crippen LogP contribution in [0.15, 0.2) is 52.6 Å². The number of tetrazole rings is 1. The van der Waals surface area contributed by atoms with E-state index >= 15 is 0 Å². The molecule has 0 spiro atoms. The number of nitrogens with zero attached hydrogens (tertiary/aromatic N) is 4. The molecule has 27 heavy (non-hydrogen) atoms. The molecule has 1 atom stereocenters. The molecule has 0 N–H and O–H groups in total. The van der Waals surface area contributed by atoms with Gasteiger partial charge < -0.3 is 9.47 Å². The van der Waals surface area contributed by atoms with Gasteiger partial charge in [-0.25, -0.2) is 0 Å². The first-order chi connectivity index (χ1) is 13.0. The Bertz CT molecular complexity index is 887. The molecule has 7 nitrogen and oxygen atoms in total. The molecule has 0 saturated carbocycles. The van der Waals surface area contributed by atoms with Gasteiger partial charge >= 0.3 is 0 Å². The van der Waals surface area contributed by atoms with E-state index in [1.807, 2.05) is 38.1 Å². The van der Waals surface area contributed by atoms with Crippen molar-refractivity contribution in [1.29, 1.82) is 0 Å². The number of aryl methyl sites for hydroxylation is 1. The predicted molar refractivity (Wildman–Crippen MR) is 103 cm³/mol. The van der Waals surface area contributed by atoms with Gasteiger partial charge in [0, 0.05) is 11.5 Å². The van der Waals surface area contributed by atoms with Crippen molar-refractivity contribution in [2.45, 2.75) is 25.4 Å². The van der Waals surface area contributed by atoms with Crippen LogP contribution >= 0.6 is 11.8 Å². The maximum Gasteiger partial charge on any atom is 0.214 e. The number of Topliss-reactive ketones (excluding diaryl/α,β-unsaturated/α-hetero) is 1. The maximum absolute atomic E-state index is 12.7. The number of aromatic nitrogens is 4. The molecule has 142 valence electrons. The summed E-state index contributed by atoms with van der Waals surface area (Å²) in [4.78, 5) is 12.7. The lowest BCUT2D eigenvalue weighted by Crippen LogP contribution is -2.17. The second-order valence-electron chi connectivity index (χ2n) is 6.33. The fourth-order valence-electron chi connectivity index (χ4n) is 2.95. The lowest BCUT2D eigenvalue weighted by atomic mass is 9.91. The molecule has 0 aliphatic heterocycles. The Morgan fingerprint density at radius 2 is 2.00 bits per heavy atom. The average Bonchev–Trinajstić information content (AvgIpc) is 3.14. The van der Waals surface area contributed by atoms with Gasteiger partial charge in [-0.15, -0.1) is 5.10 Å². The van der Waals surface area contributed by atoms with Crippen LogP contribution in [0.2, 0.25) is 0 Å². The van der Waals surface area contributed by atoms with Crippen molar-refractivity contribution in [3.05, 3.63) is 53.0 Å². The van der Waals surface area contributed by atoms with Crippen LogP contribution in [-0.2, 0) is 14.3 Å². The summed E-state index contributed by atoms with van der Waals surface area (Å²) in [6.07, 6.45) is 2.39. The van der Waals surface area contributed by atoms with Crippen LogP contribution < -0.4 is 0 Å². The largest absolute Gasteiger partial charge is 0.497 e. The van der Waals surface area contributed by atoms with Crippen molar-refractivity contribution in [3.8, 4) is 5.69 Å².